The molecule has 0 bridgehead atoms. The van der Waals surface area contributed by atoms with E-state index in [4.69, 9.17) is 9.47 Å². The highest BCUT2D eigenvalue weighted by Gasteiger charge is 2.42. The summed E-state index contributed by atoms with van der Waals surface area (Å²) in [6.07, 6.45) is 0. The number of methoxy groups -OCH3 is 2. The van der Waals surface area contributed by atoms with Crippen LogP contribution < -0.4 is 10.1 Å². The molecule has 5 nitrogen and oxygen atoms in total. The molecule has 1 N–H and O–H groups in total. The average molecular weight is 341 g/mol. The lowest BCUT2D eigenvalue weighted by Crippen LogP contribution is -2.48. The first kappa shape index (κ1) is 18.5. The van der Waals surface area contributed by atoms with Gasteiger partial charge in [0.2, 0.25) is 0 Å². The zero-order valence-corrected chi connectivity index (χ0v) is 14.9. The van der Waals surface area contributed by atoms with Crippen LogP contribution in [0.2, 0.25) is 0 Å². The smallest absolute Gasteiger partial charge is 0.313 e. The van der Waals surface area contributed by atoms with Crippen LogP contribution in [0.1, 0.15) is 24.2 Å². The normalized spacial score (nSPS) is 12.2. The molecule has 2 aromatic carbocycles. The number of benzene rings is 2. The summed E-state index contributed by atoms with van der Waals surface area (Å²) in [6.45, 7) is 3.39. The van der Waals surface area contributed by atoms with E-state index in [1.165, 1.54) is 7.11 Å². The summed E-state index contributed by atoms with van der Waals surface area (Å²) in [5.41, 5.74) is 0.194. The molecule has 1 atom stereocenters. The highest BCUT2D eigenvalue weighted by molar-refractivity contribution is 6.04. The highest BCUT2D eigenvalue weighted by atomic mass is 16.5. The number of carbonyl (C=O) groups is 2. The Morgan fingerprint density at radius 1 is 0.960 bits per heavy atom. The maximum atomic E-state index is 13.0. The van der Waals surface area contributed by atoms with Crippen molar-refractivity contribution in [2.75, 3.05) is 19.5 Å². The zero-order valence-electron chi connectivity index (χ0n) is 14.9. The van der Waals surface area contributed by atoms with E-state index >= 15 is 0 Å². The number of ether oxygens (including phenoxy) is 2. The highest BCUT2D eigenvalue weighted by Crippen LogP contribution is 2.29. The van der Waals surface area contributed by atoms with Gasteiger partial charge in [0.25, 0.3) is 0 Å². The minimum absolute atomic E-state index is 0.174. The molecule has 0 spiro atoms. The van der Waals surface area contributed by atoms with Crippen LogP contribution >= 0.6 is 0 Å². The van der Waals surface area contributed by atoms with Crippen molar-refractivity contribution in [3.05, 3.63) is 60.2 Å². The third kappa shape index (κ3) is 4.18. The van der Waals surface area contributed by atoms with Gasteiger partial charge in [0.1, 0.15) is 11.8 Å². The monoisotopic (exact) mass is 341 g/mol. The molecule has 0 amide bonds. The van der Waals surface area contributed by atoms with E-state index in [-0.39, 0.29) is 5.78 Å². The first-order valence-corrected chi connectivity index (χ1v) is 7.98. The van der Waals surface area contributed by atoms with Gasteiger partial charge in [-0.2, -0.15) is 0 Å². The fourth-order valence-corrected chi connectivity index (χ4v) is 2.58. The van der Waals surface area contributed by atoms with Crippen molar-refractivity contribution in [2.24, 2.45) is 5.41 Å². The van der Waals surface area contributed by atoms with Crippen LogP contribution in [0.25, 0.3) is 0 Å². The molecule has 132 valence electrons. The van der Waals surface area contributed by atoms with Gasteiger partial charge >= 0.3 is 5.97 Å². The van der Waals surface area contributed by atoms with Gasteiger partial charge in [-0.1, -0.05) is 30.3 Å². The van der Waals surface area contributed by atoms with Gasteiger partial charge in [-0.25, -0.2) is 0 Å². The lowest BCUT2D eigenvalue weighted by molar-refractivity contribution is -0.151. The number of ketones is 1. The van der Waals surface area contributed by atoms with Crippen LogP contribution in [0.4, 0.5) is 5.69 Å². The molecule has 0 radical (unpaired) electrons. The lowest BCUT2D eigenvalue weighted by Gasteiger charge is -2.32. The fraction of sp³-hybridized carbons (Fsp3) is 0.300. The summed E-state index contributed by atoms with van der Waals surface area (Å²) in [7, 11) is 2.91. The van der Waals surface area contributed by atoms with Crippen LogP contribution in [0.3, 0.4) is 0 Å². The van der Waals surface area contributed by atoms with E-state index in [9.17, 15) is 9.59 Å². The van der Waals surface area contributed by atoms with Gasteiger partial charge in [0.15, 0.2) is 5.78 Å². The minimum Gasteiger partial charge on any atom is -0.497 e. The third-order valence-electron chi connectivity index (χ3n) is 4.15. The fourth-order valence-electron chi connectivity index (χ4n) is 2.58. The van der Waals surface area contributed by atoms with E-state index < -0.39 is 17.4 Å². The molecule has 5 heteroatoms. The lowest BCUT2D eigenvalue weighted by atomic mass is 9.80. The molecule has 2 aromatic rings. The van der Waals surface area contributed by atoms with Gasteiger partial charge in [-0.3, -0.25) is 9.59 Å². The summed E-state index contributed by atoms with van der Waals surface area (Å²) in [4.78, 5) is 25.3. The molecule has 0 aliphatic heterocycles. The SMILES string of the molecule is COC(=O)C(C)(C)C(Nc1ccc(OC)cc1)C(=O)c1ccccc1. The molecular formula is C20H23NO4. The molecule has 0 aliphatic rings. The van der Waals surface area contributed by atoms with E-state index in [0.717, 1.165) is 0 Å². The van der Waals surface area contributed by atoms with Gasteiger partial charge in [-0.15, -0.1) is 0 Å². The predicted molar refractivity (Wildman–Crippen MR) is 97.0 cm³/mol. The molecule has 0 aliphatic carbocycles. The third-order valence-corrected chi connectivity index (χ3v) is 4.15. The van der Waals surface area contributed by atoms with Crippen molar-refractivity contribution in [1.29, 1.82) is 0 Å². The molecular weight excluding hydrogens is 318 g/mol. The first-order valence-electron chi connectivity index (χ1n) is 7.98. The van der Waals surface area contributed by atoms with Gasteiger partial charge in [0, 0.05) is 11.3 Å². The van der Waals surface area contributed by atoms with Crippen LogP contribution in [-0.4, -0.2) is 32.0 Å². The van der Waals surface area contributed by atoms with Gasteiger partial charge in [0.05, 0.1) is 19.6 Å². The standard InChI is InChI=1S/C20H23NO4/c1-20(2,19(23)25-4)18(17(22)14-8-6-5-7-9-14)21-15-10-12-16(24-3)13-11-15/h5-13,18,21H,1-4H3. The number of carbonyl (C=O) groups excluding carboxylic acids is 2. The van der Waals surface area contributed by atoms with Crippen LogP contribution in [0, 0.1) is 5.41 Å². The topological polar surface area (TPSA) is 64.6 Å². The maximum absolute atomic E-state index is 13.0. The molecule has 0 saturated carbocycles. The van der Waals surface area contributed by atoms with Crippen LogP contribution in [-0.2, 0) is 9.53 Å². The minimum atomic E-state index is -1.05. The quantitative estimate of drug-likeness (QED) is 0.616. The molecule has 0 fully saturated rings. The zero-order chi connectivity index (χ0) is 18.4. The number of hydrogen-bond donors (Lipinski definition) is 1. The Balaban J connectivity index is 2.37. The first-order chi connectivity index (χ1) is 11.9. The Kier molecular flexibility index (Phi) is 5.80. The molecule has 0 heterocycles. The number of anilines is 1. The summed E-state index contributed by atoms with van der Waals surface area (Å²) < 4.78 is 10.1. The molecule has 2 rings (SSSR count). The van der Waals surface area contributed by atoms with Gasteiger partial charge in [-0.05, 0) is 38.1 Å². The number of hydrogen-bond acceptors (Lipinski definition) is 5. The second kappa shape index (κ2) is 7.83. The molecule has 0 saturated heterocycles. The number of esters is 1. The Bertz CT molecular complexity index is 723. The Morgan fingerprint density at radius 3 is 2.08 bits per heavy atom. The Hall–Kier alpha value is -2.82. The van der Waals surface area contributed by atoms with Crippen molar-refractivity contribution in [3.63, 3.8) is 0 Å². The van der Waals surface area contributed by atoms with Crippen molar-refractivity contribution < 1.29 is 19.1 Å². The van der Waals surface area contributed by atoms with E-state index in [2.05, 4.69) is 5.32 Å². The van der Waals surface area contributed by atoms with Crippen LogP contribution in [0.15, 0.2) is 54.6 Å². The Labute approximate surface area is 148 Å². The van der Waals surface area contributed by atoms with Crippen molar-refractivity contribution >= 4 is 17.4 Å². The van der Waals surface area contributed by atoms with E-state index in [0.29, 0.717) is 17.0 Å². The second-order valence-electron chi connectivity index (χ2n) is 6.25. The van der Waals surface area contributed by atoms with Crippen molar-refractivity contribution in [3.8, 4) is 5.75 Å². The van der Waals surface area contributed by atoms with Crippen molar-refractivity contribution in [2.45, 2.75) is 19.9 Å². The second-order valence-corrected chi connectivity index (χ2v) is 6.25. The summed E-state index contributed by atoms with van der Waals surface area (Å²) >= 11 is 0. The van der Waals surface area contributed by atoms with E-state index in [1.807, 2.05) is 6.07 Å². The summed E-state index contributed by atoms with van der Waals surface area (Å²) in [6, 6.07) is 15.3. The van der Waals surface area contributed by atoms with Crippen molar-refractivity contribution in [1.82, 2.24) is 0 Å². The average Bonchev–Trinajstić information content (AvgIpc) is 2.65. The predicted octanol–water partition coefficient (Wildman–Crippen LogP) is 3.56. The number of nitrogens with one attached hydrogen (secondary N) is 1. The molecule has 1 unspecified atom stereocenters. The maximum Gasteiger partial charge on any atom is 0.313 e. The van der Waals surface area contributed by atoms with Gasteiger partial charge < -0.3 is 14.8 Å². The Morgan fingerprint density at radius 2 is 1.56 bits per heavy atom. The number of rotatable bonds is 7. The largest absolute Gasteiger partial charge is 0.497 e. The summed E-state index contributed by atoms with van der Waals surface area (Å²) in [5.74, 6) is 0.0818. The summed E-state index contributed by atoms with van der Waals surface area (Å²) in [5, 5.41) is 3.18. The molecule has 0 aromatic heterocycles. The van der Waals surface area contributed by atoms with E-state index in [1.54, 1.807) is 69.5 Å². The molecule has 25 heavy (non-hydrogen) atoms. The number of Topliss-reactive ketones (excluding diaryl/α,β-unsaturated/α-hetero) is 1. The van der Waals surface area contributed by atoms with Crippen LogP contribution in [0.5, 0.6) is 5.75 Å².